The molecule has 3 rings (SSSR count). The summed E-state index contributed by atoms with van der Waals surface area (Å²) in [6.07, 6.45) is 2.02. The van der Waals surface area contributed by atoms with E-state index in [4.69, 9.17) is 17.0 Å². The van der Waals surface area contributed by atoms with E-state index in [1.165, 1.54) is 0 Å². The first-order valence-corrected chi connectivity index (χ1v) is 8.18. The Balaban J connectivity index is 1.94. The average Bonchev–Trinajstić information content (AvgIpc) is 2.91. The van der Waals surface area contributed by atoms with Crippen molar-refractivity contribution in [2.24, 2.45) is 0 Å². The summed E-state index contributed by atoms with van der Waals surface area (Å²) in [6, 6.07) is 16.0. The first-order valence-electron chi connectivity index (χ1n) is 6.98. The fourth-order valence-electron chi connectivity index (χ4n) is 2.23. The number of halogens is 1. The zero-order valence-electron chi connectivity index (χ0n) is 12.0. The standard InChI is InChI=1S/C17H15BrN2OS/c1-2-21-15-9-3-12(4-10-15)16-11-20(17(22)19-16)14-7-5-13(18)6-8-14/h3-11H,2H2,1H3,(H,19,22). The number of imidazole rings is 1. The fourth-order valence-corrected chi connectivity index (χ4v) is 2.77. The second-order valence-corrected chi connectivity index (χ2v) is 6.08. The first kappa shape index (κ1) is 15.1. The third-order valence-electron chi connectivity index (χ3n) is 3.30. The molecule has 1 aromatic heterocycles. The topological polar surface area (TPSA) is 29.9 Å². The number of hydrogen-bond acceptors (Lipinski definition) is 2. The lowest BCUT2D eigenvalue weighted by atomic mass is 10.1. The second kappa shape index (κ2) is 6.50. The summed E-state index contributed by atoms with van der Waals surface area (Å²) >= 11 is 8.87. The molecule has 3 nitrogen and oxygen atoms in total. The number of ether oxygens (including phenoxy) is 1. The van der Waals surface area contributed by atoms with Crippen LogP contribution >= 0.6 is 28.1 Å². The van der Waals surface area contributed by atoms with Gasteiger partial charge in [0.05, 0.1) is 12.3 Å². The molecule has 1 heterocycles. The molecule has 0 saturated carbocycles. The molecule has 112 valence electrons. The molecule has 2 aromatic carbocycles. The summed E-state index contributed by atoms with van der Waals surface area (Å²) in [5.74, 6) is 0.872. The van der Waals surface area contributed by atoms with Crippen LogP contribution in [0.4, 0.5) is 0 Å². The second-order valence-electron chi connectivity index (χ2n) is 4.78. The Morgan fingerprint density at radius 2 is 1.77 bits per heavy atom. The van der Waals surface area contributed by atoms with Crippen molar-refractivity contribution in [3.05, 3.63) is 64.0 Å². The van der Waals surface area contributed by atoms with Crippen LogP contribution in [0.25, 0.3) is 16.9 Å². The number of rotatable bonds is 4. The lowest BCUT2D eigenvalue weighted by molar-refractivity contribution is 0.340. The SMILES string of the molecule is CCOc1ccc(-c2cn(-c3ccc(Br)cc3)c(=S)[nH]2)cc1. The van der Waals surface area contributed by atoms with E-state index in [0.29, 0.717) is 11.4 Å². The van der Waals surface area contributed by atoms with E-state index in [0.717, 1.165) is 27.2 Å². The minimum absolute atomic E-state index is 0.668. The Morgan fingerprint density at radius 3 is 2.41 bits per heavy atom. The minimum Gasteiger partial charge on any atom is -0.494 e. The molecule has 22 heavy (non-hydrogen) atoms. The molecule has 0 aliphatic carbocycles. The lowest BCUT2D eigenvalue weighted by Crippen LogP contribution is -1.91. The molecule has 3 aromatic rings. The lowest BCUT2D eigenvalue weighted by Gasteiger charge is -2.03. The van der Waals surface area contributed by atoms with Crippen molar-refractivity contribution in [3.8, 4) is 22.7 Å². The normalized spacial score (nSPS) is 10.6. The molecule has 0 atom stereocenters. The van der Waals surface area contributed by atoms with Crippen molar-refractivity contribution in [2.45, 2.75) is 6.92 Å². The quantitative estimate of drug-likeness (QED) is 0.622. The summed E-state index contributed by atoms with van der Waals surface area (Å²) in [5.41, 5.74) is 3.09. The van der Waals surface area contributed by atoms with Gasteiger partial charge in [-0.3, -0.25) is 4.57 Å². The van der Waals surface area contributed by atoms with Gasteiger partial charge in [0.15, 0.2) is 4.77 Å². The molecule has 0 unspecified atom stereocenters. The Labute approximate surface area is 142 Å². The first-order chi connectivity index (χ1) is 10.7. The number of benzene rings is 2. The molecule has 0 spiro atoms. The van der Waals surface area contributed by atoms with Crippen LogP contribution < -0.4 is 4.74 Å². The van der Waals surface area contributed by atoms with Crippen molar-refractivity contribution < 1.29 is 4.74 Å². The molecule has 0 saturated heterocycles. The number of H-pyrrole nitrogens is 1. The third kappa shape index (κ3) is 3.15. The highest BCUT2D eigenvalue weighted by Crippen LogP contribution is 2.23. The highest BCUT2D eigenvalue weighted by atomic mass is 79.9. The molecular formula is C17H15BrN2OS. The molecule has 0 aliphatic rings. The number of hydrogen-bond donors (Lipinski definition) is 1. The summed E-state index contributed by atoms with van der Waals surface area (Å²) in [6.45, 7) is 2.64. The van der Waals surface area contributed by atoms with Gasteiger partial charge in [-0.05, 0) is 73.2 Å². The third-order valence-corrected chi connectivity index (χ3v) is 4.13. The van der Waals surface area contributed by atoms with E-state index in [1.54, 1.807) is 0 Å². The molecule has 0 aliphatic heterocycles. The zero-order chi connectivity index (χ0) is 15.5. The van der Waals surface area contributed by atoms with Crippen LogP contribution in [0.3, 0.4) is 0 Å². The molecule has 0 amide bonds. The Hall–Kier alpha value is -1.85. The summed E-state index contributed by atoms with van der Waals surface area (Å²) in [7, 11) is 0. The molecule has 5 heteroatoms. The Bertz CT molecular complexity index is 819. The van der Waals surface area contributed by atoms with Crippen LogP contribution in [-0.2, 0) is 0 Å². The van der Waals surface area contributed by atoms with Gasteiger partial charge in [-0.25, -0.2) is 0 Å². The van der Waals surface area contributed by atoms with Gasteiger partial charge >= 0.3 is 0 Å². The van der Waals surface area contributed by atoms with Crippen molar-refractivity contribution in [1.82, 2.24) is 9.55 Å². The van der Waals surface area contributed by atoms with Gasteiger partial charge in [-0.2, -0.15) is 0 Å². The number of nitrogens with zero attached hydrogens (tertiary/aromatic N) is 1. The molecule has 0 radical (unpaired) electrons. The van der Waals surface area contributed by atoms with E-state index in [2.05, 4.69) is 20.9 Å². The number of nitrogens with one attached hydrogen (secondary N) is 1. The van der Waals surface area contributed by atoms with Gasteiger partial charge in [-0.1, -0.05) is 15.9 Å². The van der Waals surface area contributed by atoms with E-state index >= 15 is 0 Å². The van der Waals surface area contributed by atoms with Crippen molar-refractivity contribution in [2.75, 3.05) is 6.61 Å². The van der Waals surface area contributed by atoms with Gasteiger partial charge in [0.1, 0.15) is 5.75 Å². The highest BCUT2D eigenvalue weighted by Gasteiger charge is 2.05. The van der Waals surface area contributed by atoms with Gasteiger partial charge in [0, 0.05) is 16.4 Å². The maximum atomic E-state index is 5.47. The molecule has 0 bridgehead atoms. The predicted octanol–water partition coefficient (Wildman–Crippen LogP) is 5.36. The van der Waals surface area contributed by atoms with Crippen LogP contribution in [0.15, 0.2) is 59.2 Å². The Kier molecular flexibility index (Phi) is 4.45. The molecular weight excluding hydrogens is 360 g/mol. The zero-order valence-corrected chi connectivity index (χ0v) is 14.4. The molecule has 1 N–H and O–H groups in total. The maximum Gasteiger partial charge on any atom is 0.182 e. The van der Waals surface area contributed by atoms with Crippen LogP contribution in [0, 0.1) is 4.77 Å². The average molecular weight is 375 g/mol. The Morgan fingerprint density at radius 1 is 1.09 bits per heavy atom. The summed E-state index contributed by atoms with van der Waals surface area (Å²) in [5, 5.41) is 0. The fraction of sp³-hybridized carbons (Fsp3) is 0.118. The van der Waals surface area contributed by atoms with Crippen molar-refractivity contribution in [3.63, 3.8) is 0 Å². The van der Waals surface area contributed by atoms with E-state index in [9.17, 15) is 0 Å². The van der Waals surface area contributed by atoms with Gasteiger partial charge in [0.25, 0.3) is 0 Å². The van der Waals surface area contributed by atoms with Crippen LogP contribution in [0.1, 0.15) is 6.92 Å². The predicted molar refractivity (Wildman–Crippen MR) is 95.3 cm³/mol. The van der Waals surface area contributed by atoms with E-state index in [1.807, 2.05) is 66.2 Å². The highest BCUT2D eigenvalue weighted by molar-refractivity contribution is 9.10. The van der Waals surface area contributed by atoms with E-state index < -0.39 is 0 Å². The number of aromatic nitrogens is 2. The molecule has 0 fully saturated rings. The van der Waals surface area contributed by atoms with Crippen LogP contribution in [0.5, 0.6) is 5.75 Å². The van der Waals surface area contributed by atoms with Gasteiger partial charge in [-0.15, -0.1) is 0 Å². The van der Waals surface area contributed by atoms with Gasteiger partial charge in [0.2, 0.25) is 0 Å². The summed E-state index contributed by atoms with van der Waals surface area (Å²) in [4.78, 5) is 3.25. The van der Waals surface area contributed by atoms with Gasteiger partial charge < -0.3 is 9.72 Å². The van der Waals surface area contributed by atoms with E-state index in [-0.39, 0.29) is 0 Å². The minimum atomic E-state index is 0.668. The van der Waals surface area contributed by atoms with Crippen molar-refractivity contribution >= 4 is 28.1 Å². The summed E-state index contributed by atoms with van der Waals surface area (Å²) < 4.78 is 9.15. The van der Waals surface area contributed by atoms with Crippen molar-refractivity contribution in [1.29, 1.82) is 0 Å². The number of aromatic amines is 1. The van der Waals surface area contributed by atoms with Crippen LogP contribution in [-0.4, -0.2) is 16.2 Å². The monoisotopic (exact) mass is 374 g/mol. The smallest absolute Gasteiger partial charge is 0.182 e. The maximum absolute atomic E-state index is 5.47. The largest absolute Gasteiger partial charge is 0.494 e. The van der Waals surface area contributed by atoms with Crippen LogP contribution in [0.2, 0.25) is 0 Å².